The quantitative estimate of drug-likeness (QED) is 0.787. The Morgan fingerprint density at radius 1 is 1.21 bits per heavy atom. The molecule has 0 aliphatic carbocycles. The summed E-state index contributed by atoms with van der Waals surface area (Å²) >= 11 is 5.08. The molecule has 2 N–H and O–H groups in total. The van der Waals surface area contributed by atoms with Crippen LogP contribution in [0.25, 0.3) is 11.3 Å². The first-order chi connectivity index (χ1) is 9.22. The lowest BCUT2D eigenvalue weighted by Crippen LogP contribution is -2.00. The van der Waals surface area contributed by atoms with Gasteiger partial charge in [0.05, 0.1) is 12.2 Å². The molecular formula is C14H12BrN3S. The highest BCUT2D eigenvalue weighted by atomic mass is 79.9. The lowest BCUT2D eigenvalue weighted by atomic mass is 10.2. The summed E-state index contributed by atoms with van der Waals surface area (Å²) in [6, 6.07) is 10.2. The Labute approximate surface area is 123 Å². The number of nitrogen functional groups attached to an aromatic ring is 1. The Kier molecular flexibility index (Phi) is 3.40. The summed E-state index contributed by atoms with van der Waals surface area (Å²) in [5.74, 6) is 0. The molecule has 2 heterocycles. The largest absolute Gasteiger partial charge is 0.396 e. The molecule has 0 aliphatic rings. The van der Waals surface area contributed by atoms with Crippen molar-refractivity contribution in [1.29, 1.82) is 0 Å². The van der Waals surface area contributed by atoms with Crippen molar-refractivity contribution in [2.75, 3.05) is 5.73 Å². The van der Waals surface area contributed by atoms with Crippen molar-refractivity contribution < 1.29 is 0 Å². The Hall–Kier alpha value is -1.59. The Balaban J connectivity index is 1.87. The van der Waals surface area contributed by atoms with Crippen molar-refractivity contribution >= 4 is 33.0 Å². The van der Waals surface area contributed by atoms with E-state index in [-0.39, 0.29) is 0 Å². The van der Waals surface area contributed by atoms with Gasteiger partial charge in [-0.1, -0.05) is 28.1 Å². The molecule has 0 bridgehead atoms. The van der Waals surface area contributed by atoms with Crippen LogP contribution >= 0.6 is 27.3 Å². The standard InChI is InChI=1S/C14H12BrN3S/c15-12-3-1-10(2-4-12)7-18-8-13(16)14(17-18)11-5-6-19-9-11/h1-6,8-9H,7,16H2. The average molecular weight is 334 g/mol. The van der Waals surface area contributed by atoms with Gasteiger partial charge in [-0.3, -0.25) is 4.68 Å². The number of thiophene rings is 1. The number of rotatable bonds is 3. The van der Waals surface area contributed by atoms with E-state index < -0.39 is 0 Å². The monoisotopic (exact) mass is 333 g/mol. The number of nitrogens with two attached hydrogens (primary N) is 1. The van der Waals surface area contributed by atoms with Gasteiger partial charge < -0.3 is 5.73 Å². The topological polar surface area (TPSA) is 43.8 Å². The maximum Gasteiger partial charge on any atom is 0.116 e. The van der Waals surface area contributed by atoms with Gasteiger partial charge in [0, 0.05) is 21.6 Å². The molecule has 96 valence electrons. The molecule has 3 nitrogen and oxygen atoms in total. The number of nitrogens with zero attached hydrogens (tertiary/aromatic N) is 2. The first-order valence-corrected chi connectivity index (χ1v) is 7.56. The smallest absolute Gasteiger partial charge is 0.116 e. The van der Waals surface area contributed by atoms with Crippen LogP contribution in [-0.4, -0.2) is 9.78 Å². The lowest BCUT2D eigenvalue weighted by Gasteiger charge is -2.01. The fraction of sp³-hybridized carbons (Fsp3) is 0.0714. The van der Waals surface area contributed by atoms with Crippen molar-refractivity contribution in [2.45, 2.75) is 6.54 Å². The van der Waals surface area contributed by atoms with E-state index in [2.05, 4.69) is 38.5 Å². The summed E-state index contributed by atoms with van der Waals surface area (Å²) in [5, 5.41) is 8.65. The van der Waals surface area contributed by atoms with Crippen LogP contribution in [-0.2, 0) is 6.54 Å². The van der Waals surface area contributed by atoms with E-state index in [9.17, 15) is 0 Å². The molecule has 1 aromatic carbocycles. The maximum absolute atomic E-state index is 6.02. The molecule has 0 aliphatic heterocycles. The van der Waals surface area contributed by atoms with Crippen LogP contribution in [0.4, 0.5) is 5.69 Å². The second-order valence-corrected chi connectivity index (χ2v) is 5.96. The van der Waals surface area contributed by atoms with Crippen LogP contribution in [0.5, 0.6) is 0 Å². The van der Waals surface area contributed by atoms with E-state index in [1.165, 1.54) is 5.56 Å². The van der Waals surface area contributed by atoms with E-state index >= 15 is 0 Å². The summed E-state index contributed by atoms with van der Waals surface area (Å²) in [6.07, 6.45) is 1.88. The fourth-order valence-corrected chi connectivity index (χ4v) is 2.82. The molecule has 0 amide bonds. The summed E-state index contributed by atoms with van der Waals surface area (Å²) in [4.78, 5) is 0. The molecule has 0 atom stereocenters. The Morgan fingerprint density at radius 3 is 2.68 bits per heavy atom. The number of hydrogen-bond acceptors (Lipinski definition) is 3. The maximum atomic E-state index is 6.02. The van der Waals surface area contributed by atoms with Crippen LogP contribution < -0.4 is 5.73 Å². The molecule has 0 saturated heterocycles. The molecule has 0 fully saturated rings. The average Bonchev–Trinajstić information content (AvgIpc) is 3.01. The van der Waals surface area contributed by atoms with Gasteiger partial charge in [-0.2, -0.15) is 16.4 Å². The van der Waals surface area contributed by atoms with Gasteiger partial charge >= 0.3 is 0 Å². The first kappa shape index (κ1) is 12.4. The third-order valence-corrected chi connectivity index (χ3v) is 4.05. The third-order valence-electron chi connectivity index (χ3n) is 2.84. The SMILES string of the molecule is Nc1cn(Cc2ccc(Br)cc2)nc1-c1ccsc1. The Bertz CT molecular complexity index is 671. The number of hydrogen-bond donors (Lipinski definition) is 1. The predicted molar refractivity (Wildman–Crippen MR) is 83.2 cm³/mol. The third kappa shape index (κ3) is 2.72. The van der Waals surface area contributed by atoms with Gasteiger partial charge in [0.15, 0.2) is 0 Å². The summed E-state index contributed by atoms with van der Waals surface area (Å²) < 4.78 is 2.96. The highest BCUT2D eigenvalue weighted by molar-refractivity contribution is 9.10. The molecule has 19 heavy (non-hydrogen) atoms. The van der Waals surface area contributed by atoms with Crippen molar-refractivity contribution in [2.24, 2.45) is 0 Å². The molecule has 0 radical (unpaired) electrons. The predicted octanol–water partition coefficient (Wildman–Crippen LogP) is 4.00. The van der Waals surface area contributed by atoms with Gasteiger partial charge in [0.1, 0.15) is 5.69 Å². The van der Waals surface area contributed by atoms with Crippen LogP contribution in [0, 0.1) is 0 Å². The highest BCUT2D eigenvalue weighted by Gasteiger charge is 2.09. The normalized spacial score (nSPS) is 10.8. The minimum absolute atomic E-state index is 0.718. The first-order valence-electron chi connectivity index (χ1n) is 5.82. The van der Waals surface area contributed by atoms with E-state index in [1.54, 1.807) is 11.3 Å². The summed E-state index contributed by atoms with van der Waals surface area (Å²) in [7, 11) is 0. The number of aromatic nitrogens is 2. The number of benzene rings is 1. The van der Waals surface area contributed by atoms with Gasteiger partial charge in [0.25, 0.3) is 0 Å². The lowest BCUT2D eigenvalue weighted by molar-refractivity contribution is 0.689. The molecule has 0 saturated carbocycles. The van der Waals surface area contributed by atoms with E-state index in [0.29, 0.717) is 0 Å². The van der Waals surface area contributed by atoms with Crippen molar-refractivity contribution in [3.63, 3.8) is 0 Å². The molecule has 3 aromatic rings. The molecule has 3 rings (SSSR count). The molecule has 5 heteroatoms. The van der Waals surface area contributed by atoms with Crippen molar-refractivity contribution in [3.05, 3.63) is 57.3 Å². The Morgan fingerprint density at radius 2 is 2.00 bits per heavy atom. The fourth-order valence-electron chi connectivity index (χ4n) is 1.92. The zero-order valence-corrected chi connectivity index (χ0v) is 12.5. The van der Waals surface area contributed by atoms with Crippen LogP contribution in [0.15, 0.2) is 51.8 Å². The second-order valence-electron chi connectivity index (χ2n) is 4.27. The second kappa shape index (κ2) is 5.19. The highest BCUT2D eigenvalue weighted by Crippen LogP contribution is 2.26. The zero-order valence-electron chi connectivity index (χ0n) is 10.1. The van der Waals surface area contributed by atoms with E-state index in [0.717, 1.165) is 28.0 Å². The zero-order chi connectivity index (χ0) is 13.2. The summed E-state index contributed by atoms with van der Waals surface area (Å²) in [6.45, 7) is 0.724. The van der Waals surface area contributed by atoms with Gasteiger partial charge in [0.2, 0.25) is 0 Å². The molecule has 0 spiro atoms. The minimum atomic E-state index is 0.718. The van der Waals surface area contributed by atoms with Crippen LogP contribution in [0.3, 0.4) is 0 Å². The van der Waals surface area contributed by atoms with Gasteiger partial charge in [-0.15, -0.1) is 0 Å². The van der Waals surface area contributed by atoms with E-state index in [1.807, 2.05) is 34.5 Å². The van der Waals surface area contributed by atoms with Crippen LogP contribution in [0.1, 0.15) is 5.56 Å². The molecule has 2 aromatic heterocycles. The van der Waals surface area contributed by atoms with Crippen LogP contribution in [0.2, 0.25) is 0 Å². The molecular weight excluding hydrogens is 322 g/mol. The van der Waals surface area contributed by atoms with E-state index in [4.69, 9.17) is 5.73 Å². The minimum Gasteiger partial charge on any atom is -0.396 e. The number of halogens is 1. The number of anilines is 1. The van der Waals surface area contributed by atoms with Gasteiger partial charge in [-0.05, 0) is 29.1 Å². The van der Waals surface area contributed by atoms with Crippen molar-refractivity contribution in [1.82, 2.24) is 9.78 Å². The summed E-state index contributed by atoms with van der Waals surface area (Å²) in [5.41, 5.74) is 9.88. The molecule has 0 unspecified atom stereocenters. The van der Waals surface area contributed by atoms with Crippen molar-refractivity contribution in [3.8, 4) is 11.3 Å². The van der Waals surface area contributed by atoms with Gasteiger partial charge in [-0.25, -0.2) is 0 Å².